The second-order valence-corrected chi connectivity index (χ2v) is 5.58. The summed E-state index contributed by atoms with van der Waals surface area (Å²) < 4.78 is 5.51. The number of amides is 1. The summed E-state index contributed by atoms with van der Waals surface area (Å²) in [6, 6.07) is 10.7. The number of rotatable bonds is 7. The van der Waals surface area contributed by atoms with Crippen molar-refractivity contribution in [3.8, 4) is 0 Å². The molecule has 0 radical (unpaired) electrons. The maximum Gasteiger partial charge on any atom is 0.250 e. The predicted molar refractivity (Wildman–Crippen MR) is 84.2 cm³/mol. The van der Waals surface area contributed by atoms with Crippen molar-refractivity contribution in [2.45, 2.75) is 44.8 Å². The van der Waals surface area contributed by atoms with Crippen molar-refractivity contribution >= 4 is 5.91 Å². The lowest BCUT2D eigenvalue weighted by molar-refractivity contribution is -0.135. The molecule has 1 aliphatic rings. The van der Waals surface area contributed by atoms with Gasteiger partial charge in [0.25, 0.3) is 5.91 Å². The fourth-order valence-corrected chi connectivity index (χ4v) is 2.65. The molecule has 4 heteroatoms. The van der Waals surface area contributed by atoms with Gasteiger partial charge in [-0.2, -0.15) is 0 Å². The highest BCUT2D eigenvalue weighted by molar-refractivity contribution is 5.81. The van der Waals surface area contributed by atoms with E-state index in [1.54, 1.807) is 0 Å². The van der Waals surface area contributed by atoms with E-state index >= 15 is 0 Å². The van der Waals surface area contributed by atoms with Crippen LogP contribution < -0.4 is 10.6 Å². The van der Waals surface area contributed by atoms with Gasteiger partial charge < -0.3 is 15.4 Å². The first-order valence-corrected chi connectivity index (χ1v) is 7.96. The van der Waals surface area contributed by atoms with Gasteiger partial charge >= 0.3 is 0 Å². The zero-order valence-corrected chi connectivity index (χ0v) is 12.8. The van der Waals surface area contributed by atoms with Gasteiger partial charge in [-0.25, -0.2) is 0 Å². The third-order valence-electron chi connectivity index (χ3n) is 3.83. The second kappa shape index (κ2) is 8.80. The normalized spacial score (nSPS) is 20.0. The maximum atomic E-state index is 12.2. The molecular formula is C17H26N2O2. The molecule has 0 unspecified atom stereocenters. The number of ether oxygens (including phenoxy) is 1. The zero-order valence-electron chi connectivity index (χ0n) is 12.8. The SMILES string of the molecule is CCC[C@@H](CCc1ccccc1)NC(=O)[C@@H]1CNCCO1. The van der Waals surface area contributed by atoms with Gasteiger partial charge in [0, 0.05) is 19.1 Å². The maximum absolute atomic E-state index is 12.2. The number of morpholine rings is 1. The molecule has 116 valence electrons. The van der Waals surface area contributed by atoms with E-state index in [0.29, 0.717) is 13.2 Å². The Morgan fingerprint density at radius 3 is 2.86 bits per heavy atom. The Hall–Kier alpha value is -1.39. The smallest absolute Gasteiger partial charge is 0.250 e. The summed E-state index contributed by atoms with van der Waals surface area (Å²) >= 11 is 0. The lowest BCUT2D eigenvalue weighted by Gasteiger charge is -2.26. The Bertz CT molecular complexity index is 416. The quantitative estimate of drug-likeness (QED) is 0.806. The van der Waals surface area contributed by atoms with Gasteiger partial charge in [-0.1, -0.05) is 43.7 Å². The number of aryl methyl sites for hydroxylation is 1. The molecule has 2 N–H and O–H groups in total. The zero-order chi connectivity index (χ0) is 14.9. The molecule has 2 rings (SSSR count). The summed E-state index contributed by atoms with van der Waals surface area (Å²) in [6.45, 7) is 4.21. The number of hydrogen-bond donors (Lipinski definition) is 2. The van der Waals surface area contributed by atoms with Crippen LogP contribution in [0.3, 0.4) is 0 Å². The van der Waals surface area contributed by atoms with Gasteiger partial charge in [-0.05, 0) is 24.8 Å². The van der Waals surface area contributed by atoms with Crippen molar-refractivity contribution in [2.24, 2.45) is 0 Å². The Kier molecular flexibility index (Phi) is 6.70. The summed E-state index contributed by atoms with van der Waals surface area (Å²) in [5.41, 5.74) is 1.32. The van der Waals surface area contributed by atoms with E-state index in [9.17, 15) is 4.79 Å². The Morgan fingerprint density at radius 2 is 2.19 bits per heavy atom. The fourth-order valence-electron chi connectivity index (χ4n) is 2.65. The van der Waals surface area contributed by atoms with Gasteiger partial charge in [0.2, 0.25) is 0 Å². The average molecular weight is 290 g/mol. The first-order valence-electron chi connectivity index (χ1n) is 7.96. The molecule has 21 heavy (non-hydrogen) atoms. The van der Waals surface area contributed by atoms with Crippen molar-refractivity contribution in [1.82, 2.24) is 10.6 Å². The van der Waals surface area contributed by atoms with E-state index in [1.807, 2.05) is 6.07 Å². The van der Waals surface area contributed by atoms with E-state index in [0.717, 1.165) is 32.2 Å². The lowest BCUT2D eigenvalue weighted by atomic mass is 10.0. The predicted octanol–water partition coefficient (Wildman–Crippen LogP) is 1.89. The summed E-state index contributed by atoms with van der Waals surface area (Å²) in [6.07, 6.45) is 3.72. The Labute approximate surface area is 127 Å². The molecule has 1 aliphatic heterocycles. The van der Waals surface area contributed by atoms with Gasteiger partial charge in [-0.3, -0.25) is 4.79 Å². The second-order valence-electron chi connectivity index (χ2n) is 5.58. The molecule has 1 aromatic rings. The molecule has 0 spiro atoms. The van der Waals surface area contributed by atoms with Gasteiger partial charge in [0.1, 0.15) is 6.10 Å². The highest BCUT2D eigenvalue weighted by Gasteiger charge is 2.23. The molecule has 0 bridgehead atoms. The molecule has 0 saturated carbocycles. The van der Waals surface area contributed by atoms with Crippen LogP contribution in [-0.2, 0) is 16.0 Å². The molecule has 1 amide bonds. The largest absolute Gasteiger partial charge is 0.366 e. The number of hydrogen-bond acceptors (Lipinski definition) is 3. The summed E-state index contributed by atoms with van der Waals surface area (Å²) in [5, 5.41) is 6.35. The van der Waals surface area contributed by atoms with E-state index in [2.05, 4.69) is 41.8 Å². The van der Waals surface area contributed by atoms with Gasteiger partial charge in [0.15, 0.2) is 0 Å². The minimum atomic E-state index is -0.338. The van der Waals surface area contributed by atoms with Crippen LogP contribution >= 0.6 is 0 Å². The van der Waals surface area contributed by atoms with Crippen molar-refractivity contribution in [3.63, 3.8) is 0 Å². The summed E-state index contributed by atoms with van der Waals surface area (Å²) in [5.74, 6) is 0.0220. The van der Waals surface area contributed by atoms with Crippen LogP contribution in [0.2, 0.25) is 0 Å². The van der Waals surface area contributed by atoms with Crippen molar-refractivity contribution in [3.05, 3.63) is 35.9 Å². The third kappa shape index (κ3) is 5.48. The molecule has 1 aromatic carbocycles. The molecular weight excluding hydrogens is 264 g/mol. The monoisotopic (exact) mass is 290 g/mol. The molecule has 1 heterocycles. The van der Waals surface area contributed by atoms with Crippen LogP contribution in [0.5, 0.6) is 0 Å². The lowest BCUT2D eigenvalue weighted by Crippen LogP contribution is -2.50. The topological polar surface area (TPSA) is 50.4 Å². The first-order chi connectivity index (χ1) is 10.3. The number of benzene rings is 1. The Morgan fingerprint density at radius 1 is 1.38 bits per heavy atom. The minimum absolute atomic E-state index is 0.0220. The van der Waals surface area contributed by atoms with Crippen LogP contribution in [0, 0.1) is 0 Å². The number of carbonyl (C=O) groups is 1. The van der Waals surface area contributed by atoms with Crippen LogP contribution in [0.15, 0.2) is 30.3 Å². The molecule has 1 saturated heterocycles. The number of nitrogens with one attached hydrogen (secondary N) is 2. The Balaban J connectivity index is 1.81. The molecule has 1 fully saturated rings. The van der Waals surface area contributed by atoms with Crippen LogP contribution in [0.25, 0.3) is 0 Å². The van der Waals surface area contributed by atoms with E-state index < -0.39 is 0 Å². The van der Waals surface area contributed by atoms with Crippen molar-refractivity contribution in [1.29, 1.82) is 0 Å². The van der Waals surface area contributed by atoms with E-state index in [4.69, 9.17) is 4.74 Å². The van der Waals surface area contributed by atoms with E-state index in [1.165, 1.54) is 5.56 Å². The summed E-state index contributed by atoms with van der Waals surface area (Å²) in [4.78, 5) is 12.2. The van der Waals surface area contributed by atoms with E-state index in [-0.39, 0.29) is 18.1 Å². The average Bonchev–Trinajstić information content (AvgIpc) is 2.54. The van der Waals surface area contributed by atoms with Crippen LogP contribution in [0.4, 0.5) is 0 Å². The summed E-state index contributed by atoms with van der Waals surface area (Å²) in [7, 11) is 0. The van der Waals surface area contributed by atoms with Gasteiger partial charge in [0.05, 0.1) is 6.61 Å². The minimum Gasteiger partial charge on any atom is -0.366 e. The highest BCUT2D eigenvalue weighted by Crippen LogP contribution is 2.09. The van der Waals surface area contributed by atoms with Crippen LogP contribution in [0.1, 0.15) is 31.7 Å². The highest BCUT2D eigenvalue weighted by atomic mass is 16.5. The third-order valence-corrected chi connectivity index (χ3v) is 3.83. The number of carbonyl (C=O) groups excluding carboxylic acids is 1. The molecule has 2 atom stereocenters. The van der Waals surface area contributed by atoms with Gasteiger partial charge in [-0.15, -0.1) is 0 Å². The first kappa shape index (κ1) is 16.0. The van der Waals surface area contributed by atoms with Crippen molar-refractivity contribution < 1.29 is 9.53 Å². The molecule has 4 nitrogen and oxygen atoms in total. The fraction of sp³-hybridized carbons (Fsp3) is 0.588. The molecule has 0 aliphatic carbocycles. The standard InChI is InChI=1S/C17H26N2O2/c1-2-6-15(10-9-14-7-4-3-5-8-14)19-17(20)16-13-18-11-12-21-16/h3-5,7-8,15-16,18H,2,6,9-13H2,1H3,(H,19,20)/t15-,16-/m0/s1. The van der Waals surface area contributed by atoms with Crippen molar-refractivity contribution in [2.75, 3.05) is 19.7 Å². The van der Waals surface area contributed by atoms with Crippen LogP contribution in [-0.4, -0.2) is 37.7 Å². The molecule has 0 aromatic heterocycles.